The molecule has 0 atom stereocenters. The number of aromatic nitrogens is 1. The Morgan fingerprint density at radius 2 is 2.12 bits per heavy atom. The lowest BCUT2D eigenvalue weighted by atomic mass is 10.1. The van der Waals surface area contributed by atoms with Gasteiger partial charge in [-0.3, -0.25) is 4.90 Å². The molecular weight excluding hydrogens is 363 g/mol. The third-order valence-corrected chi connectivity index (χ3v) is 5.40. The molecule has 0 radical (unpaired) electrons. The fourth-order valence-electron chi connectivity index (χ4n) is 2.83. The van der Waals surface area contributed by atoms with Gasteiger partial charge in [-0.1, -0.05) is 11.6 Å². The van der Waals surface area contributed by atoms with Crippen LogP contribution in [0.2, 0.25) is 5.02 Å². The molecule has 1 aromatic heterocycles. The number of fused-ring (bicyclic) bond motifs is 1. The highest BCUT2D eigenvalue weighted by Crippen LogP contribution is 2.24. The second-order valence-electron chi connectivity index (χ2n) is 6.00. The van der Waals surface area contributed by atoms with Crippen molar-refractivity contribution in [2.24, 2.45) is 0 Å². The first-order valence-electron chi connectivity index (χ1n) is 8.22. The molecule has 1 aliphatic heterocycles. The first kappa shape index (κ1) is 19.6. The summed E-state index contributed by atoms with van der Waals surface area (Å²) in [5, 5.41) is 1.83. The summed E-state index contributed by atoms with van der Waals surface area (Å²) in [4.78, 5) is 7.10. The highest BCUT2D eigenvalue weighted by Gasteiger charge is 2.10. The van der Waals surface area contributed by atoms with E-state index in [1.165, 1.54) is 37.6 Å². The summed E-state index contributed by atoms with van der Waals surface area (Å²) in [5.41, 5.74) is 2.09. The highest BCUT2D eigenvalue weighted by atomic mass is 35.5. The van der Waals surface area contributed by atoms with Crippen LogP contribution in [-0.4, -0.2) is 41.2 Å². The molecule has 132 valence electrons. The second kappa shape index (κ2) is 9.71. The summed E-state index contributed by atoms with van der Waals surface area (Å²) in [6, 6.07) is 7.78. The monoisotopic (exact) mass is 386 g/mol. The van der Waals surface area contributed by atoms with Crippen molar-refractivity contribution in [1.82, 2.24) is 9.88 Å². The Kier molecular flexibility index (Phi) is 7.95. The summed E-state index contributed by atoms with van der Waals surface area (Å²) >= 11 is 8.08. The standard InChI is InChI=1S/C18H23ClN2OS.ClH/c1-14-11-18(20-17-6-5-15(19)12-16(14)17)22-9-4-2-3-7-21-8-10-23-13-21;/h5-6,11-12H,2-4,7-10,13H2,1H3;1H. The zero-order valence-corrected chi connectivity index (χ0v) is 16.4. The van der Waals surface area contributed by atoms with Crippen molar-refractivity contribution in [2.45, 2.75) is 26.2 Å². The molecule has 0 bridgehead atoms. The maximum atomic E-state index is 6.05. The quantitative estimate of drug-likeness (QED) is 0.612. The number of halogens is 2. The van der Waals surface area contributed by atoms with Crippen molar-refractivity contribution in [2.75, 3.05) is 31.3 Å². The molecule has 6 heteroatoms. The summed E-state index contributed by atoms with van der Waals surface area (Å²) in [6.45, 7) is 5.29. The van der Waals surface area contributed by atoms with Crippen molar-refractivity contribution < 1.29 is 4.74 Å². The lowest BCUT2D eigenvalue weighted by Crippen LogP contribution is -2.20. The molecule has 0 saturated carbocycles. The first-order valence-corrected chi connectivity index (χ1v) is 9.75. The van der Waals surface area contributed by atoms with Crippen molar-refractivity contribution in [1.29, 1.82) is 0 Å². The first-order chi connectivity index (χ1) is 11.2. The molecule has 0 aliphatic carbocycles. The predicted octanol–water partition coefficient (Wildman–Crippen LogP) is 5.17. The summed E-state index contributed by atoms with van der Waals surface area (Å²) in [6.07, 6.45) is 3.55. The summed E-state index contributed by atoms with van der Waals surface area (Å²) in [7, 11) is 0. The van der Waals surface area contributed by atoms with Crippen LogP contribution >= 0.6 is 35.8 Å². The van der Waals surface area contributed by atoms with Crippen LogP contribution in [0.1, 0.15) is 24.8 Å². The topological polar surface area (TPSA) is 25.4 Å². The molecule has 0 unspecified atom stereocenters. The Hall–Kier alpha value is -0.680. The van der Waals surface area contributed by atoms with Crippen LogP contribution in [0.5, 0.6) is 5.88 Å². The third kappa shape index (κ3) is 5.41. The number of pyridine rings is 1. The van der Waals surface area contributed by atoms with E-state index in [4.69, 9.17) is 16.3 Å². The highest BCUT2D eigenvalue weighted by molar-refractivity contribution is 7.99. The van der Waals surface area contributed by atoms with E-state index in [1.807, 2.05) is 36.0 Å². The van der Waals surface area contributed by atoms with Crippen molar-refractivity contribution in [3.63, 3.8) is 0 Å². The van der Waals surface area contributed by atoms with Gasteiger partial charge < -0.3 is 4.74 Å². The van der Waals surface area contributed by atoms with Gasteiger partial charge in [0, 0.05) is 34.6 Å². The lowest BCUT2D eigenvalue weighted by molar-refractivity contribution is 0.285. The van der Waals surface area contributed by atoms with E-state index >= 15 is 0 Å². The van der Waals surface area contributed by atoms with Crippen LogP contribution < -0.4 is 4.74 Å². The van der Waals surface area contributed by atoms with E-state index < -0.39 is 0 Å². The Labute approximate surface area is 159 Å². The Morgan fingerprint density at radius 1 is 1.25 bits per heavy atom. The molecule has 0 spiro atoms. The number of ether oxygens (including phenoxy) is 1. The number of benzene rings is 1. The molecule has 1 saturated heterocycles. The Bertz CT molecular complexity index is 663. The number of thioether (sulfide) groups is 1. The molecule has 2 aromatic rings. The van der Waals surface area contributed by atoms with E-state index in [1.54, 1.807) is 0 Å². The van der Waals surface area contributed by atoms with Gasteiger partial charge in [0.05, 0.1) is 12.1 Å². The van der Waals surface area contributed by atoms with Gasteiger partial charge in [-0.05, 0) is 56.5 Å². The van der Waals surface area contributed by atoms with Gasteiger partial charge >= 0.3 is 0 Å². The van der Waals surface area contributed by atoms with Gasteiger partial charge in [0.1, 0.15) is 0 Å². The fourth-order valence-corrected chi connectivity index (χ4v) is 4.03. The van der Waals surface area contributed by atoms with Gasteiger partial charge in [0.25, 0.3) is 0 Å². The Morgan fingerprint density at radius 3 is 2.92 bits per heavy atom. The maximum absolute atomic E-state index is 6.05. The molecule has 3 rings (SSSR count). The van der Waals surface area contributed by atoms with E-state index in [-0.39, 0.29) is 12.4 Å². The van der Waals surface area contributed by atoms with Crippen LogP contribution in [-0.2, 0) is 0 Å². The van der Waals surface area contributed by atoms with Crippen molar-refractivity contribution in [3.05, 3.63) is 34.9 Å². The number of hydrogen-bond acceptors (Lipinski definition) is 4. The molecule has 0 amide bonds. The Balaban J connectivity index is 0.00000208. The molecule has 2 heterocycles. The molecule has 24 heavy (non-hydrogen) atoms. The zero-order chi connectivity index (χ0) is 16.1. The summed E-state index contributed by atoms with van der Waals surface area (Å²) in [5.74, 6) is 3.22. The van der Waals surface area contributed by atoms with Crippen LogP contribution in [0.25, 0.3) is 10.9 Å². The molecule has 1 aromatic carbocycles. The lowest BCUT2D eigenvalue weighted by Gasteiger charge is -2.13. The minimum Gasteiger partial charge on any atom is -0.478 e. The number of hydrogen-bond donors (Lipinski definition) is 0. The van der Waals surface area contributed by atoms with Gasteiger partial charge in [-0.15, -0.1) is 24.2 Å². The number of aryl methyl sites for hydroxylation is 1. The third-order valence-electron chi connectivity index (χ3n) is 4.15. The molecule has 3 nitrogen and oxygen atoms in total. The SMILES string of the molecule is Cc1cc(OCCCCCN2CCSC2)nc2ccc(Cl)cc12.Cl. The van der Waals surface area contributed by atoms with Gasteiger partial charge in [-0.2, -0.15) is 0 Å². The van der Waals surface area contributed by atoms with E-state index in [9.17, 15) is 0 Å². The number of unbranched alkanes of at least 4 members (excludes halogenated alkanes) is 2. The number of nitrogens with zero attached hydrogens (tertiary/aromatic N) is 2. The largest absolute Gasteiger partial charge is 0.478 e. The van der Waals surface area contributed by atoms with E-state index in [0.717, 1.165) is 34.5 Å². The van der Waals surface area contributed by atoms with Crippen LogP contribution in [0.15, 0.2) is 24.3 Å². The summed E-state index contributed by atoms with van der Waals surface area (Å²) < 4.78 is 5.84. The van der Waals surface area contributed by atoms with Gasteiger partial charge in [-0.25, -0.2) is 4.98 Å². The zero-order valence-electron chi connectivity index (χ0n) is 14.0. The van der Waals surface area contributed by atoms with Crippen molar-refractivity contribution >= 4 is 46.7 Å². The molecular formula is C18H24Cl2N2OS. The van der Waals surface area contributed by atoms with Crippen LogP contribution in [0, 0.1) is 6.92 Å². The average Bonchev–Trinajstić information content (AvgIpc) is 3.05. The van der Waals surface area contributed by atoms with Crippen LogP contribution in [0.4, 0.5) is 0 Å². The predicted molar refractivity (Wildman–Crippen MR) is 107 cm³/mol. The van der Waals surface area contributed by atoms with Gasteiger partial charge in [0.2, 0.25) is 5.88 Å². The average molecular weight is 387 g/mol. The van der Waals surface area contributed by atoms with E-state index in [0.29, 0.717) is 5.88 Å². The second-order valence-corrected chi connectivity index (χ2v) is 7.51. The van der Waals surface area contributed by atoms with E-state index in [2.05, 4.69) is 16.8 Å². The molecule has 0 N–H and O–H groups in total. The molecule has 1 aliphatic rings. The smallest absolute Gasteiger partial charge is 0.214 e. The van der Waals surface area contributed by atoms with Crippen LogP contribution in [0.3, 0.4) is 0 Å². The normalized spacial score (nSPS) is 14.8. The minimum absolute atomic E-state index is 0. The van der Waals surface area contributed by atoms with Gasteiger partial charge in [0.15, 0.2) is 0 Å². The fraction of sp³-hybridized carbons (Fsp3) is 0.500. The minimum atomic E-state index is 0. The number of rotatable bonds is 7. The molecule has 1 fully saturated rings. The maximum Gasteiger partial charge on any atom is 0.214 e. The van der Waals surface area contributed by atoms with Crippen molar-refractivity contribution in [3.8, 4) is 5.88 Å².